The molecule has 0 saturated heterocycles. The summed E-state index contributed by atoms with van der Waals surface area (Å²) in [5, 5.41) is -0.237. The van der Waals surface area contributed by atoms with Crippen LogP contribution in [0.3, 0.4) is 0 Å². The number of nitrogens with two attached hydrogens (primary N) is 1. The smallest absolute Gasteiger partial charge is 0.341 e. The van der Waals surface area contributed by atoms with E-state index in [0.29, 0.717) is 23.3 Å². The first-order valence-corrected chi connectivity index (χ1v) is 10.4. The van der Waals surface area contributed by atoms with Crippen LogP contribution in [-0.2, 0) is 15.5 Å². The fourth-order valence-electron chi connectivity index (χ4n) is 3.12. The van der Waals surface area contributed by atoms with E-state index in [-0.39, 0.29) is 16.6 Å². The average Bonchev–Trinajstić information content (AvgIpc) is 2.60. The van der Waals surface area contributed by atoms with Crippen molar-refractivity contribution in [1.29, 1.82) is 0 Å². The number of rotatable bonds is 3. The number of ether oxygens (including phenoxy) is 1. The minimum absolute atomic E-state index is 0.146. The quantitative estimate of drug-likeness (QED) is 0.615. The third-order valence-corrected chi connectivity index (χ3v) is 5.93. The topological polar surface area (TPSA) is 82.3 Å². The Morgan fingerprint density at radius 3 is 2.68 bits per heavy atom. The molecule has 3 rings (SSSR count). The Morgan fingerprint density at radius 1 is 1.29 bits per heavy atom. The molecule has 1 aromatic carbocycles. The summed E-state index contributed by atoms with van der Waals surface area (Å²) in [5.41, 5.74) is 7.02. The van der Waals surface area contributed by atoms with Crippen LogP contribution in [0.15, 0.2) is 42.6 Å². The first-order chi connectivity index (χ1) is 13.2. The number of hydrogen-bond donors (Lipinski definition) is 1. The van der Waals surface area contributed by atoms with Crippen molar-refractivity contribution in [3.63, 3.8) is 0 Å². The van der Waals surface area contributed by atoms with Crippen molar-refractivity contribution in [3.05, 3.63) is 59.6 Å². The number of allylic oxidation sites excluding steroid dienone is 1. The van der Waals surface area contributed by atoms with Gasteiger partial charge in [0.05, 0.1) is 10.8 Å². The number of nitrogen functional groups attached to an aromatic ring is 1. The van der Waals surface area contributed by atoms with E-state index in [9.17, 15) is 13.4 Å². The summed E-state index contributed by atoms with van der Waals surface area (Å²) < 4.78 is 32.4. The van der Waals surface area contributed by atoms with Crippen LogP contribution in [0.5, 0.6) is 0 Å². The molecule has 0 fully saturated rings. The first-order valence-electron chi connectivity index (χ1n) is 8.97. The van der Waals surface area contributed by atoms with Gasteiger partial charge in [0.1, 0.15) is 17.2 Å². The molecule has 2 atom stereocenters. The van der Waals surface area contributed by atoms with E-state index in [1.807, 2.05) is 12.2 Å². The zero-order valence-electron chi connectivity index (χ0n) is 16.1. The van der Waals surface area contributed by atoms with Crippen LogP contribution in [0, 0.1) is 5.82 Å². The number of halogens is 1. The zero-order chi connectivity index (χ0) is 20.5. The Kier molecular flexibility index (Phi) is 5.65. The SMILES string of the molecule is CC(C)(C)OC(=O)c1ccc(-c2c(C3CC=CCS3=O)ccnc2N)cc1F. The molecular formula is C21H23FN2O3S. The summed E-state index contributed by atoms with van der Waals surface area (Å²) in [6.07, 6.45) is 6.06. The van der Waals surface area contributed by atoms with Gasteiger partial charge in [-0.1, -0.05) is 18.2 Å². The second-order valence-electron chi connectivity index (χ2n) is 7.60. The van der Waals surface area contributed by atoms with E-state index in [4.69, 9.17) is 10.5 Å². The molecule has 148 valence electrons. The van der Waals surface area contributed by atoms with Crippen LogP contribution >= 0.6 is 0 Å². The van der Waals surface area contributed by atoms with Crippen molar-refractivity contribution in [1.82, 2.24) is 4.98 Å². The number of esters is 1. The largest absolute Gasteiger partial charge is 0.456 e. The molecule has 0 bridgehead atoms. The van der Waals surface area contributed by atoms with E-state index < -0.39 is 28.2 Å². The molecular weight excluding hydrogens is 379 g/mol. The minimum atomic E-state index is -1.09. The lowest BCUT2D eigenvalue weighted by atomic mass is 9.96. The highest BCUT2D eigenvalue weighted by Crippen LogP contribution is 2.38. The van der Waals surface area contributed by atoms with Gasteiger partial charge in [0.2, 0.25) is 0 Å². The molecule has 0 aliphatic carbocycles. The number of aromatic nitrogens is 1. The number of hydrogen-bond acceptors (Lipinski definition) is 5. The highest BCUT2D eigenvalue weighted by molar-refractivity contribution is 7.85. The third kappa shape index (κ3) is 4.30. The fraction of sp³-hybridized carbons (Fsp3) is 0.333. The van der Waals surface area contributed by atoms with Crippen molar-refractivity contribution in [2.24, 2.45) is 0 Å². The maximum Gasteiger partial charge on any atom is 0.341 e. The molecule has 28 heavy (non-hydrogen) atoms. The van der Waals surface area contributed by atoms with Gasteiger partial charge < -0.3 is 10.5 Å². The standard InChI is InChI=1S/C21H23FN2O3S/c1-21(2,3)27-20(25)14-8-7-13(12-16(14)22)18-15(9-10-24-19(18)23)17-6-4-5-11-28(17)26/h4-5,7-10,12,17H,6,11H2,1-3H3,(H2,23,24). The van der Waals surface area contributed by atoms with E-state index in [0.717, 1.165) is 5.56 Å². The normalized spacial score (nSPS) is 19.4. The number of benzene rings is 1. The molecule has 1 aromatic heterocycles. The second-order valence-corrected chi connectivity index (χ2v) is 9.26. The van der Waals surface area contributed by atoms with Gasteiger partial charge >= 0.3 is 5.97 Å². The fourth-order valence-corrected chi connectivity index (χ4v) is 4.48. The molecule has 2 N–H and O–H groups in total. The van der Waals surface area contributed by atoms with Crippen LogP contribution < -0.4 is 5.73 Å². The third-order valence-electron chi connectivity index (χ3n) is 4.33. The van der Waals surface area contributed by atoms with Gasteiger partial charge in [0.25, 0.3) is 0 Å². The van der Waals surface area contributed by atoms with Gasteiger partial charge in [-0.3, -0.25) is 4.21 Å². The zero-order valence-corrected chi connectivity index (χ0v) is 16.9. The Bertz CT molecular complexity index is 967. The molecule has 1 aliphatic rings. The molecule has 0 amide bonds. The Hall–Kier alpha value is -2.54. The summed E-state index contributed by atoms with van der Waals surface area (Å²) in [6.45, 7) is 5.16. The van der Waals surface area contributed by atoms with Crippen molar-refractivity contribution in [2.75, 3.05) is 11.5 Å². The molecule has 2 aromatic rings. The van der Waals surface area contributed by atoms with Crippen LogP contribution in [0.4, 0.5) is 10.2 Å². The average molecular weight is 402 g/mol. The predicted octanol–water partition coefficient (Wildman–Crippen LogP) is 4.17. The Balaban J connectivity index is 2.03. The van der Waals surface area contributed by atoms with Gasteiger partial charge in [0.15, 0.2) is 0 Å². The first kappa shape index (κ1) is 20.2. The lowest BCUT2D eigenvalue weighted by Crippen LogP contribution is -2.24. The van der Waals surface area contributed by atoms with Crippen LogP contribution in [0.25, 0.3) is 11.1 Å². The van der Waals surface area contributed by atoms with Crippen molar-refractivity contribution in [2.45, 2.75) is 38.0 Å². The van der Waals surface area contributed by atoms with Gasteiger partial charge in [-0.2, -0.15) is 0 Å². The summed E-state index contributed by atoms with van der Waals surface area (Å²) >= 11 is 0. The molecule has 2 heterocycles. The molecule has 5 nitrogen and oxygen atoms in total. The number of pyridine rings is 1. The molecule has 0 spiro atoms. The maximum absolute atomic E-state index is 14.7. The van der Waals surface area contributed by atoms with Crippen LogP contribution in [-0.4, -0.2) is 26.5 Å². The van der Waals surface area contributed by atoms with Gasteiger partial charge in [-0.05, 0) is 56.5 Å². The molecule has 7 heteroatoms. The number of carbonyl (C=O) groups excluding carboxylic acids is 1. The Morgan fingerprint density at radius 2 is 2.04 bits per heavy atom. The van der Waals surface area contributed by atoms with Crippen molar-refractivity contribution >= 4 is 22.6 Å². The van der Waals surface area contributed by atoms with Crippen LogP contribution in [0.2, 0.25) is 0 Å². The highest BCUT2D eigenvalue weighted by atomic mass is 32.2. The van der Waals surface area contributed by atoms with Crippen molar-refractivity contribution in [3.8, 4) is 11.1 Å². The summed E-state index contributed by atoms with van der Waals surface area (Å²) in [7, 11) is -1.09. The molecule has 0 saturated carbocycles. The predicted molar refractivity (Wildman–Crippen MR) is 109 cm³/mol. The van der Waals surface area contributed by atoms with E-state index in [2.05, 4.69) is 4.98 Å². The van der Waals surface area contributed by atoms with Crippen molar-refractivity contribution < 1.29 is 18.1 Å². The second kappa shape index (κ2) is 7.83. The number of carbonyl (C=O) groups is 1. The van der Waals surface area contributed by atoms with E-state index in [1.165, 1.54) is 12.1 Å². The van der Waals surface area contributed by atoms with Gasteiger partial charge in [-0.15, -0.1) is 0 Å². The molecule has 1 aliphatic heterocycles. The number of nitrogens with zero attached hydrogens (tertiary/aromatic N) is 1. The summed E-state index contributed by atoms with van der Waals surface area (Å²) in [6, 6.07) is 6.01. The maximum atomic E-state index is 14.7. The summed E-state index contributed by atoms with van der Waals surface area (Å²) in [5.74, 6) is -0.730. The monoisotopic (exact) mass is 402 g/mol. The highest BCUT2D eigenvalue weighted by Gasteiger charge is 2.26. The minimum Gasteiger partial charge on any atom is -0.456 e. The van der Waals surface area contributed by atoms with E-state index in [1.54, 1.807) is 39.1 Å². The van der Waals surface area contributed by atoms with Gasteiger partial charge in [0, 0.05) is 28.3 Å². The van der Waals surface area contributed by atoms with Crippen LogP contribution in [0.1, 0.15) is 48.4 Å². The Labute approximate surface area is 166 Å². The lowest BCUT2D eigenvalue weighted by Gasteiger charge is -2.22. The number of anilines is 1. The lowest BCUT2D eigenvalue weighted by molar-refractivity contribution is 0.00647. The molecule has 0 radical (unpaired) electrons. The molecule has 2 unspecified atom stereocenters. The summed E-state index contributed by atoms with van der Waals surface area (Å²) in [4.78, 5) is 16.3. The van der Waals surface area contributed by atoms with Gasteiger partial charge in [-0.25, -0.2) is 14.2 Å². The van der Waals surface area contributed by atoms with E-state index >= 15 is 0 Å².